The van der Waals surface area contributed by atoms with Gasteiger partial charge in [0.15, 0.2) is 0 Å². The van der Waals surface area contributed by atoms with Crippen molar-refractivity contribution in [3.63, 3.8) is 0 Å². The van der Waals surface area contributed by atoms with E-state index in [1.54, 1.807) is 19.3 Å². The maximum absolute atomic E-state index is 11.1. The highest BCUT2D eigenvalue weighted by Gasteiger charge is 2.05. The number of carboxylic acid groups (broad SMARTS) is 1. The topological polar surface area (TPSA) is 71.3 Å². The van der Waals surface area contributed by atoms with Crippen LogP contribution in [0.15, 0.2) is 23.1 Å². The molecule has 0 fully saturated rings. The number of pyridine rings is 1. The minimum atomic E-state index is -0.797. The van der Waals surface area contributed by atoms with Crippen LogP contribution in [0.25, 0.3) is 0 Å². The molecule has 0 spiro atoms. The van der Waals surface area contributed by atoms with Gasteiger partial charge in [0.2, 0.25) is 5.56 Å². The average Bonchev–Trinajstić information content (AvgIpc) is 2.21. The molecule has 1 rings (SSSR count). The molecule has 0 bridgehead atoms. The van der Waals surface area contributed by atoms with E-state index in [1.165, 1.54) is 10.6 Å². The summed E-state index contributed by atoms with van der Waals surface area (Å²) in [5.41, 5.74) is 0.753. The Hall–Kier alpha value is -1.78. The summed E-state index contributed by atoms with van der Waals surface area (Å²) in [5.74, 6) is -0.797. The van der Waals surface area contributed by atoms with Gasteiger partial charge in [-0.3, -0.25) is 9.59 Å². The van der Waals surface area contributed by atoms with Gasteiger partial charge in [-0.15, -0.1) is 0 Å². The van der Waals surface area contributed by atoms with E-state index in [1.807, 2.05) is 6.92 Å². The van der Waals surface area contributed by atoms with Crippen molar-refractivity contribution in [1.82, 2.24) is 4.57 Å². The SMILES string of the molecule is CC(CCC(=O)O)Nc1ccc(=O)n(C)c1. The Kier molecular flexibility index (Phi) is 4.10. The van der Waals surface area contributed by atoms with Crippen molar-refractivity contribution >= 4 is 11.7 Å². The highest BCUT2D eigenvalue weighted by Crippen LogP contribution is 2.08. The maximum Gasteiger partial charge on any atom is 0.303 e. The zero-order valence-electron chi connectivity index (χ0n) is 9.43. The van der Waals surface area contributed by atoms with E-state index in [4.69, 9.17) is 5.11 Å². The van der Waals surface area contributed by atoms with E-state index in [0.29, 0.717) is 6.42 Å². The number of carboxylic acids is 1. The largest absolute Gasteiger partial charge is 0.481 e. The molecule has 88 valence electrons. The second kappa shape index (κ2) is 5.34. The normalized spacial score (nSPS) is 12.1. The quantitative estimate of drug-likeness (QED) is 0.784. The summed E-state index contributed by atoms with van der Waals surface area (Å²) in [7, 11) is 1.68. The number of hydrogen-bond donors (Lipinski definition) is 2. The molecule has 1 unspecified atom stereocenters. The Bertz CT molecular complexity index is 425. The molecular formula is C11H16N2O3. The van der Waals surface area contributed by atoms with Crippen molar-refractivity contribution in [2.75, 3.05) is 5.32 Å². The number of aliphatic carboxylic acids is 1. The van der Waals surface area contributed by atoms with Crippen LogP contribution < -0.4 is 10.9 Å². The molecule has 0 aliphatic heterocycles. The van der Waals surface area contributed by atoms with Crippen LogP contribution in [0.2, 0.25) is 0 Å². The van der Waals surface area contributed by atoms with Crippen LogP contribution >= 0.6 is 0 Å². The Morgan fingerprint density at radius 3 is 2.81 bits per heavy atom. The molecule has 1 aromatic heterocycles. The minimum Gasteiger partial charge on any atom is -0.481 e. The molecule has 16 heavy (non-hydrogen) atoms. The first-order valence-corrected chi connectivity index (χ1v) is 5.14. The Balaban J connectivity index is 2.56. The lowest BCUT2D eigenvalue weighted by Gasteiger charge is -2.14. The first-order valence-electron chi connectivity index (χ1n) is 5.14. The third kappa shape index (κ3) is 3.76. The van der Waals surface area contributed by atoms with Crippen LogP contribution in [0, 0.1) is 0 Å². The summed E-state index contributed by atoms with van der Waals surface area (Å²) in [5, 5.41) is 11.7. The molecule has 0 radical (unpaired) electrons. The highest BCUT2D eigenvalue weighted by atomic mass is 16.4. The van der Waals surface area contributed by atoms with Crippen LogP contribution in [0.4, 0.5) is 5.69 Å². The van der Waals surface area contributed by atoms with E-state index >= 15 is 0 Å². The van der Waals surface area contributed by atoms with Crippen LogP contribution in [0.5, 0.6) is 0 Å². The third-order valence-corrected chi connectivity index (χ3v) is 2.29. The van der Waals surface area contributed by atoms with Gasteiger partial charge in [0.1, 0.15) is 0 Å². The van der Waals surface area contributed by atoms with E-state index in [0.717, 1.165) is 5.69 Å². The Morgan fingerprint density at radius 2 is 2.25 bits per heavy atom. The van der Waals surface area contributed by atoms with Crippen molar-refractivity contribution in [2.24, 2.45) is 7.05 Å². The molecule has 0 aliphatic carbocycles. The van der Waals surface area contributed by atoms with Gasteiger partial charge >= 0.3 is 5.97 Å². The van der Waals surface area contributed by atoms with Gasteiger partial charge in [0, 0.05) is 31.8 Å². The lowest BCUT2D eigenvalue weighted by Crippen LogP contribution is -2.20. The molecule has 0 aromatic carbocycles. The molecule has 2 N–H and O–H groups in total. The summed E-state index contributed by atoms with van der Waals surface area (Å²) in [4.78, 5) is 21.5. The monoisotopic (exact) mass is 224 g/mol. The van der Waals surface area contributed by atoms with Gasteiger partial charge in [0.25, 0.3) is 0 Å². The standard InChI is InChI=1S/C11H16N2O3/c1-8(3-6-11(15)16)12-9-4-5-10(14)13(2)7-9/h4-5,7-8,12H,3,6H2,1-2H3,(H,15,16). The molecule has 0 saturated carbocycles. The summed E-state index contributed by atoms with van der Waals surface area (Å²) >= 11 is 0. The Labute approximate surface area is 93.7 Å². The van der Waals surface area contributed by atoms with E-state index in [2.05, 4.69) is 5.32 Å². The average molecular weight is 224 g/mol. The fraction of sp³-hybridized carbons (Fsp3) is 0.455. The summed E-state index contributed by atoms with van der Waals surface area (Å²) in [6, 6.07) is 3.24. The van der Waals surface area contributed by atoms with Gasteiger partial charge in [-0.1, -0.05) is 0 Å². The first kappa shape index (κ1) is 12.3. The van der Waals surface area contributed by atoms with Gasteiger partial charge in [-0.25, -0.2) is 0 Å². The highest BCUT2D eigenvalue weighted by molar-refractivity contribution is 5.66. The molecular weight excluding hydrogens is 208 g/mol. The maximum atomic E-state index is 11.1. The van der Waals surface area contributed by atoms with Gasteiger partial charge in [-0.2, -0.15) is 0 Å². The smallest absolute Gasteiger partial charge is 0.303 e. The van der Waals surface area contributed by atoms with E-state index in [9.17, 15) is 9.59 Å². The fourth-order valence-corrected chi connectivity index (χ4v) is 1.38. The lowest BCUT2D eigenvalue weighted by molar-refractivity contribution is -0.137. The van der Waals surface area contributed by atoms with Crippen molar-refractivity contribution in [1.29, 1.82) is 0 Å². The Morgan fingerprint density at radius 1 is 1.56 bits per heavy atom. The second-order valence-electron chi connectivity index (χ2n) is 3.84. The first-order chi connectivity index (χ1) is 7.49. The minimum absolute atomic E-state index is 0.0635. The van der Waals surface area contributed by atoms with E-state index < -0.39 is 5.97 Å². The van der Waals surface area contributed by atoms with Crippen molar-refractivity contribution in [2.45, 2.75) is 25.8 Å². The summed E-state index contributed by atoms with van der Waals surface area (Å²) in [6.07, 6.45) is 2.39. The molecule has 0 aliphatic rings. The van der Waals surface area contributed by atoms with Crippen molar-refractivity contribution < 1.29 is 9.90 Å². The number of hydrogen-bond acceptors (Lipinski definition) is 3. The van der Waals surface area contributed by atoms with Crippen molar-refractivity contribution in [3.8, 4) is 0 Å². The zero-order valence-corrected chi connectivity index (χ0v) is 9.43. The van der Waals surface area contributed by atoms with Crippen LogP contribution in [0.1, 0.15) is 19.8 Å². The predicted molar refractivity (Wildman–Crippen MR) is 61.6 cm³/mol. The number of aromatic nitrogens is 1. The van der Waals surface area contributed by atoms with E-state index in [-0.39, 0.29) is 18.0 Å². The zero-order chi connectivity index (χ0) is 12.1. The number of anilines is 1. The molecule has 1 atom stereocenters. The molecule has 1 aromatic rings. The summed E-state index contributed by atoms with van der Waals surface area (Å²) in [6.45, 7) is 1.91. The molecule has 5 heteroatoms. The fourth-order valence-electron chi connectivity index (χ4n) is 1.38. The number of nitrogens with zero attached hydrogens (tertiary/aromatic N) is 1. The van der Waals surface area contributed by atoms with Gasteiger partial charge in [0.05, 0.1) is 5.69 Å². The van der Waals surface area contributed by atoms with Gasteiger partial charge < -0.3 is 15.0 Å². The predicted octanol–water partition coefficient (Wildman–Crippen LogP) is 1.05. The third-order valence-electron chi connectivity index (χ3n) is 2.29. The van der Waals surface area contributed by atoms with Crippen LogP contribution in [-0.2, 0) is 11.8 Å². The van der Waals surface area contributed by atoms with Crippen LogP contribution in [-0.4, -0.2) is 21.7 Å². The second-order valence-corrected chi connectivity index (χ2v) is 3.84. The number of carbonyl (C=O) groups is 1. The molecule has 1 heterocycles. The number of nitrogens with one attached hydrogen (secondary N) is 1. The number of rotatable bonds is 5. The lowest BCUT2D eigenvalue weighted by atomic mass is 10.2. The molecule has 0 saturated heterocycles. The van der Waals surface area contributed by atoms with Crippen LogP contribution in [0.3, 0.4) is 0 Å². The summed E-state index contributed by atoms with van der Waals surface area (Å²) < 4.78 is 1.48. The van der Waals surface area contributed by atoms with Gasteiger partial charge in [-0.05, 0) is 19.4 Å². The number of aryl methyl sites for hydroxylation is 1. The van der Waals surface area contributed by atoms with Crippen molar-refractivity contribution in [3.05, 3.63) is 28.7 Å². The molecule has 0 amide bonds. The molecule has 5 nitrogen and oxygen atoms in total.